The molecule has 4 rings (SSSR count). The molecule has 0 bridgehead atoms. The van der Waals surface area contributed by atoms with E-state index >= 15 is 0 Å². The average molecular weight is 399 g/mol. The molecule has 2 aromatic carbocycles. The summed E-state index contributed by atoms with van der Waals surface area (Å²) < 4.78 is 2.79. The molecule has 1 aromatic heterocycles. The zero-order valence-corrected chi connectivity index (χ0v) is 17.0. The number of quaternary nitrogens is 1. The summed E-state index contributed by atoms with van der Waals surface area (Å²) in [4.78, 5) is 3.97. The Kier molecular flexibility index (Phi) is 5.52. The SMILES string of the molecule is Cc1cccc(Nc2nn(C[NH+]3CCN(c4ccccc4)CC3)c(=S)s2)c1. The van der Waals surface area contributed by atoms with Gasteiger partial charge in [0, 0.05) is 11.4 Å². The third-order valence-electron chi connectivity index (χ3n) is 4.84. The van der Waals surface area contributed by atoms with E-state index in [-0.39, 0.29) is 0 Å². The highest BCUT2D eigenvalue weighted by atomic mass is 32.1. The van der Waals surface area contributed by atoms with Gasteiger partial charge in [-0.2, -0.15) is 4.68 Å². The van der Waals surface area contributed by atoms with Crippen molar-refractivity contribution in [3.63, 3.8) is 0 Å². The summed E-state index contributed by atoms with van der Waals surface area (Å²) in [6.45, 7) is 7.22. The van der Waals surface area contributed by atoms with E-state index in [0.29, 0.717) is 0 Å². The number of para-hydroxylation sites is 1. The van der Waals surface area contributed by atoms with Crippen LogP contribution in [0, 0.1) is 10.9 Å². The van der Waals surface area contributed by atoms with E-state index in [2.05, 4.69) is 65.7 Å². The monoisotopic (exact) mass is 398 g/mol. The molecule has 3 aromatic rings. The minimum absolute atomic E-state index is 0.822. The van der Waals surface area contributed by atoms with Crippen molar-refractivity contribution < 1.29 is 4.90 Å². The van der Waals surface area contributed by atoms with Crippen LogP contribution in [0.1, 0.15) is 5.56 Å². The van der Waals surface area contributed by atoms with Crippen LogP contribution < -0.4 is 15.1 Å². The van der Waals surface area contributed by atoms with Gasteiger partial charge in [-0.3, -0.25) is 0 Å². The number of piperazine rings is 1. The number of anilines is 3. The summed E-state index contributed by atoms with van der Waals surface area (Å²) in [5.41, 5.74) is 3.59. The number of hydrogen-bond donors (Lipinski definition) is 2. The molecular formula is C20H24N5S2+. The molecule has 1 fully saturated rings. The zero-order chi connectivity index (χ0) is 18.6. The highest BCUT2D eigenvalue weighted by molar-refractivity contribution is 7.73. The molecule has 2 heterocycles. The number of benzene rings is 2. The van der Waals surface area contributed by atoms with Gasteiger partial charge < -0.3 is 15.1 Å². The number of aromatic nitrogens is 2. The second-order valence-electron chi connectivity index (χ2n) is 6.90. The van der Waals surface area contributed by atoms with Crippen molar-refractivity contribution in [3.8, 4) is 0 Å². The normalized spacial score (nSPS) is 15.1. The van der Waals surface area contributed by atoms with Gasteiger partial charge in [-0.1, -0.05) is 41.7 Å². The third-order valence-corrected chi connectivity index (χ3v) is 6.06. The topological polar surface area (TPSA) is 37.5 Å². The molecule has 1 aliphatic heterocycles. The number of hydrogen-bond acceptors (Lipinski definition) is 5. The highest BCUT2D eigenvalue weighted by Gasteiger charge is 2.21. The van der Waals surface area contributed by atoms with Crippen LogP contribution >= 0.6 is 23.6 Å². The Morgan fingerprint density at radius 1 is 1.11 bits per heavy atom. The highest BCUT2D eigenvalue weighted by Crippen LogP contribution is 2.20. The molecule has 1 aliphatic rings. The molecule has 0 saturated carbocycles. The fourth-order valence-electron chi connectivity index (χ4n) is 3.39. The Bertz CT molecular complexity index is 942. The minimum Gasteiger partial charge on any atom is -0.360 e. The molecule has 0 amide bonds. The molecule has 1 saturated heterocycles. The lowest BCUT2D eigenvalue weighted by Crippen LogP contribution is -3.14. The summed E-state index contributed by atoms with van der Waals surface area (Å²) in [6.07, 6.45) is 0. The molecule has 0 aliphatic carbocycles. The zero-order valence-electron chi connectivity index (χ0n) is 15.4. The Morgan fingerprint density at radius 2 is 1.89 bits per heavy atom. The van der Waals surface area contributed by atoms with Crippen LogP contribution in [0.15, 0.2) is 54.6 Å². The Morgan fingerprint density at radius 3 is 2.63 bits per heavy atom. The van der Waals surface area contributed by atoms with Crippen LogP contribution in [0.5, 0.6) is 0 Å². The summed E-state index contributed by atoms with van der Waals surface area (Å²) in [7, 11) is 0. The summed E-state index contributed by atoms with van der Waals surface area (Å²) >= 11 is 7.07. The maximum atomic E-state index is 5.54. The van der Waals surface area contributed by atoms with E-state index in [9.17, 15) is 0 Å². The number of nitrogens with one attached hydrogen (secondary N) is 2. The van der Waals surface area contributed by atoms with Crippen molar-refractivity contribution in [2.45, 2.75) is 13.6 Å². The molecule has 0 atom stereocenters. The molecule has 0 radical (unpaired) electrons. The first-order chi connectivity index (χ1) is 13.2. The minimum atomic E-state index is 0.822. The molecular weight excluding hydrogens is 374 g/mol. The Labute approximate surface area is 168 Å². The van der Waals surface area contributed by atoms with Gasteiger partial charge in [-0.15, -0.1) is 5.10 Å². The molecule has 2 N–H and O–H groups in total. The van der Waals surface area contributed by atoms with E-state index in [1.165, 1.54) is 27.5 Å². The predicted octanol–water partition coefficient (Wildman–Crippen LogP) is 3.09. The van der Waals surface area contributed by atoms with Crippen LogP contribution in [0.4, 0.5) is 16.5 Å². The summed E-state index contributed by atoms with van der Waals surface area (Å²) in [6, 6.07) is 18.9. The van der Waals surface area contributed by atoms with Crippen LogP contribution in [-0.4, -0.2) is 36.0 Å². The second kappa shape index (κ2) is 8.21. The van der Waals surface area contributed by atoms with Crippen LogP contribution in [-0.2, 0) is 6.67 Å². The van der Waals surface area contributed by atoms with Gasteiger partial charge in [0.15, 0.2) is 10.6 Å². The molecule has 0 spiro atoms. The van der Waals surface area contributed by atoms with Crippen molar-refractivity contribution in [3.05, 3.63) is 64.1 Å². The van der Waals surface area contributed by atoms with E-state index in [1.807, 2.05) is 10.7 Å². The van der Waals surface area contributed by atoms with Crippen molar-refractivity contribution in [1.82, 2.24) is 9.78 Å². The fraction of sp³-hybridized carbons (Fsp3) is 0.300. The van der Waals surface area contributed by atoms with Gasteiger partial charge >= 0.3 is 0 Å². The lowest BCUT2D eigenvalue weighted by Gasteiger charge is -2.33. The lowest BCUT2D eigenvalue weighted by molar-refractivity contribution is -0.924. The summed E-state index contributed by atoms with van der Waals surface area (Å²) in [5.74, 6) is 0. The maximum Gasteiger partial charge on any atom is 0.209 e. The number of aryl methyl sites for hydroxylation is 1. The van der Waals surface area contributed by atoms with Crippen molar-refractivity contribution in [2.75, 3.05) is 36.4 Å². The lowest BCUT2D eigenvalue weighted by atomic mass is 10.2. The van der Waals surface area contributed by atoms with Crippen LogP contribution in [0.25, 0.3) is 0 Å². The predicted molar refractivity (Wildman–Crippen MR) is 115 cm³/mol. The Hall–Kier alpha value is -2.22. The number of rotatable bonds is 5. The molecule has 0 unspecified atom stereocenters. The second-order valence-corrected chi connectivity index (χ2v) is 8.52. The quantitative estimate of drug-likeness (QED) is 0.648. The number of nitrogens with zero attached hydrogens (tertiary/aromatic N) is 3. The molecule has 5 nitrogen and oxygen atoms in total. The van der Waals surface area contributed by atoms with Crippen molar-refractivity contribution in [2.24, 2.45) is 0 Å². The molecule has 140 valence electrons. The van der Waals surface area contributed by atoms with E-state index < -0.39 is 0 Å². The van der Waals surface area contributed by atoms with Crippen LogP contribution in [0.3, 0.4) is 0 Å². The van der Waals surface area contributed by atoms with Gasteiger partial charge in [0.1, 0.15) is 0 Å². The smallest absolute Gasteiger partial charge is 0.209 e. The van der Waals surface area contributed by atoms with E-state index in [4.69, 9.17) is 17.3 Å². The first kappa shape index (κ1) is 18.2. The average Bonchev–Trinajstić information content (AvgIpc) is 3.02. The van der Waals surface area contributed by atoms with Gasteiger partial charge in [-0.05, 0) is 49.0 Å². The van der Waals surface area contributed by atoms with E-state index in [1.54, 1.807) is 0 Å². The third kappa shape index (κ3) is 4.55. The fourth-order valence-corrected chi connectivity index (χ4v) is 4.42. The first-order valence-electron chi connectivity index (χ1n) is 9.22. The molecule has 7 heteroatoms. The van der Waals surface area contributed by atoms with Crippen LogP contribution in [0.2, 0.25) is 0 Å². The first-order valence-corrected chi connectivity index (χ1v) is 10.4. The molecule has 27 heavy (non-hydrogen) atoms. The standard InChI is InChI=1S/C20H23N5S2/c1-16-6-5-7-17(14-16)21-19-22-25(20(26)27-19)15-23-10-12-24(13-11-23)18-8-3-2-4-9-18/h2-9,14H,10-13,15H2,1H3,(H,21,22)/p+1. The maximum absolute atomic E-state index is 5.54. The van der Waals surface area contributed by atoms with Crippen molar-refractivity contribution in [1.29, 1.82) is 0 Å². The van der Waals surface area contributed by atoms with Gasteiger partial charge in [-0.25, -0.2) is 0 Å². The summed E-state index contributed by atoms with van der Waals surface area (Å²) in [5, 5.41) is 8.92. The van der Waals surface area contributed by atoms with Gasteiger partial charge in [0.2, 0.25) is 5.13 Å². The van der Waals surface area contributed by atoms with Gasteiger partial charge in [0.05, 0.1) is 26.2 Å². The largest absolute Gasteiger partial charge is 0.360 e. The van der Waals surface area contributed by atoms with Gasteiger partial charge in [0.25, 0.3) is 0 Å². The Balaban J connectivity index is 1.36. The van der Waals surface area contributed by atoms with E-state index in [0.717, 1.165) is 47.6 Å². The van der Waals surface area contributed by atoms with Crippen molar-refractivity contribution >= 4 is 40.1 Å².